The number of carbonyl (C=O) groups is 1. The Labute approximate surface area is 110 Å². The molecule has 100 valence electrons. The van der Waals surface area contributed by atoms with E-state index in [-0.39, 0.29) is 5.69 Å². The molecule has 0 radical (unpaired) electrons. The zero-order valence-electron chi connectivity index (χ0n) is 10.8. The molecule has 0 amide bonds. The molecule has 2 heterocycles. The number of nitrogen functional groups attached to an aromatic ring is 1. The number of ether oxygens (including phenoxy) is 1. The quantitative estimate of drug-likeness (QED) is 0.806. The first-order chi connectivity index (χ1) is 9.10. The second kappa shape index (κ2) is 5.38. The first-order valence-electron chi connectivity index (χ1n) is 5.78. The van der Waals surface area contributed by atoms with E-state index < -0.39 is 5.97 Å². The second-order valence-electron chi connectivity index (χ2n) is 3.90. The summed E-state index contributed by atoms with van der Waals surface area (Å²) in [5.41, 5.74) is 7.07. The van der Waals surface area contributed by atoms with Crippen LogP contribution >= 0.6 is 0 Å². The van der Waals surface area contributed by atoms with Crippen LogP contribution in [0.25, 0.3) is 0 Å². The SMILES string of the molecule is CCOC(=O)c1cc(Nc2cnn(C)c2)ncc1N. The number of pyridine rings is 1. The molecule has 0 aromatic carbocycles. The maximum absolute atomic E-state index is 11.7. The highest BCUT2D eigenvalue weighted by atomic mass is 16.5. The van der Waals surface area contributed by atoms with Crippen molar-refractivity contribution in [3.8, 4) is 0 Å². The Morgan fingerprint density at radius 2 is 2.32 bits per heavy atom. The molecule has 7 nitrogen and oxygen atoms in total. The lowest BCUT2D eigenvalue weighted by Gasteiger charge is -2.08. The van der Waals surface area contributed by atoms with Gasteiger partial charge in [-0.1, -0.05) is 0 Å². The Morgan fingerprint density at radius 3 is 2.95 bits per heavy atom. The average molecular weight is 261 g/mol. The van der Waals surface area contributed by atoms with Crippen LogP contribution in [0.4, 0.5) is 17.2 Å². The fourth-order valence-electron chi connectivity index (χ4n) is 1.55. The summed E-state index contributed by atoms with van der Waals surface area (Å²) in [6.45, 7) is 2.04. The molecular formula is C12H15N5O2. The predicted molar refractivity (Wildman–Crippen MR) is 71.1 cm³/mol. The van der Waals surface area contributed by atoms with Crippen LogP contribution in [0, 0.1) is 0 Å². The Morgan fingerprint density at radius 1 is 1.53 bits per heavy atom. The highest BCUT2D eigenvalue weighted by molar-refractivity contribution is 5.95. The van der Waals surface area contributed by atoms with Gasteiger partial charge in [0, 0.05) is 13.2 Å². The minimum atomic E-state index is -0.461. The van der Waals surface area contributed by atoms with Crippen molar-refractivity contribution in [2.45, 2.75) is 6.92 Å². The number of aromatic nitrogens is 3. The van der Waals surface area contributed by atoms with Crippen molar-refractivity contribution in [2.75, 3.05) is 17.7 Å². The third-order valence-corrected chi connectivity index (χ3v) is 2.41. The van der Waals surface area contributed by atoms with Gasteiger partial charge in [-0.05, 0) is 13.0 Å². The molecule has 2 aromatic heterocycles. The lowest BCUT2D eigenvalue weighted by Crippen LogP contribution is -2.09. The van der Waals surface area contributed by atoms with Crippen molar-refractivity contribution >= 4 is 23.2 Å². The monoisotopic (exact) mass is 261 g/mol. The van der Waals surface area contributed by atoms with Crippen molar-refractivity contribution in [1.29, 1.82) is 0 Å². The molecule has 2 rings (SSSR count). The lowest BCUT2D eigenvalue weighted by atomic mass is 10.2. The number of nitrogens with one attached hydrogen (secondary N) is 1. The standard InChI is InChI=1S/C12H15N5O2/c1-3-19-12(18)9-4-11(14-6-10(9)13)16-8-5-15-17(2)7-8/h4-7H,3,13H2,1-2H3,(H,14,16). The minimum Gasteiger partial charge on any atom is -0.462 e. The van der Waals surface area contributed by atoms with Crippen LogP contribution in [0.1, 0.15) is 17.3 Å². The lowest BCUT2D eigenvalue weighted by molar-refractivity contribution is 0.0527. The number of nitrogens with two attached hydrogens (primary N) is 1. The minimum absolute atomic E-state index is 0.287. The average Bonchev–Trinajstić information content (AvgIpc) is 2.77. The van der Waals surface area contributed by atoms with Crippen molar-refractivity contribution in [1.82, 2.24) is 14.8 Å². The fourth-order valence-corrected chi connectivity index (χ4v) is 1.55. The summed E-state index contributed by atoms with van der Waals surface area (Å²) < 4.78 is 6.59. The highest BCUT2D eigenvalue weighted by Crippen LogP contribution is 2.19. The maximum atomic E-state index is 11.7. The number of rotatable bonds is 4. The van der Waals surface area contributed by atoms with Gasteiger partial charge in [-0.2, -0.15) is 5.10 Å². The first kappa shape index (κ1) is 12.9. The molecule has 0 atom stereocenters. The molecule has 0 aliphatic carbocycles. The molecule has 0 saturated carbocycles. The van der Waals surface area contributed by atoms with E-state index in [2.05, 4.69) is 15.4 Å². The predicted octanol–water partition coefficient (Wildman–Crippen LogP) is 1.32. The summed E-state index contributed by atoms with van der Waals surface area (Å²) in [6.07, 6.45) is 4.87. The van der Waals surface area contributed by atoms with Gasteiger partial charge >= 0.3 is 5.97 Å². The largest absolute Gasteiger partial charge is 0.462 e. The van der Waals surface area contributed by atoms with E-state index in [1.165, 1.54) is 6.20 Å². The summed E-state index contributed by atoms with van der Waals surface area (Å²) in [6, 6.07) is 1.56. The number of anilines is 3. The van der Waals surface area contributed by atoms with E-state index in [4.69, 9.17) is 10.5 Å². The zero-order valence-corrected chi connectivity index (χ0v) is 10.8. The van der Waals surface area contributed by atoms with Gasteiger partial charge in [0.15, 0.2) is 0 Å². The Kier molecular flexibility index (Phi) is 3.65. The molecule has 0 aliphatic heterocycles. The number of esters is 1. The van der Waals surface area contributed by atoms with Gasteiger partial charge in [-0.25, -0.2) is 9.78 Å². The molecule has 0 bridgehead atoms. The molecule has 0 aliphatic rings. The second-order valence-corrected chi connectivity index (χ2v) is 3.90. The molecule has 0 spiro atoms. The Hall–Kier alpha value is -2.57. The van der Waals surface area contributed by atoms with E-state index in [1.54, 1.807) is 30.1 Å². The smallest absolute Gasteiger partial charge is 0.340 e. The zero-order chi connectivity index (χ0) is 13.8. The van der Waals surface area contributed by atoms with Crippen molar-refractivity contribution in [3.05, 3.63) is 30.2 Å². The van der Waals surface area contributed by atoms with Gasteiger partial charge in [-0.15, -0.1) is 0 Å². The number of hydrogen-bond acceptors (Lipinski definition) is 6. The van der Waals surface area contributed by atoms with Gasteiger partial charge in [0.2, 0.25) is 0 Å². The molecule has 0 saturated heterocycles. The van der Waals surface area contributed by atoms with Crippen molar-refractivity contribution in [3.63, 3.8) is 0 Å². The third-order valence-electron chi connectivity index (χ3n) is 2.41. The molecule has 19 heavy (non-hydrogen) atoms. The van der Waals surface area contributed by atoms with Gasteiger partial charge < -0.3 is 15.8 Å². The van der Waals surface area contributed by atoms with E-state index in [0.717, 1.165) is 5.69 Å². The van der Waals surface area contributed by atoms with Crippen molar-refractivity contribution in [2.24, 2.45) is 7.05 Å². The van der Waals surface area contributed by atoms with Gasteiger partial charge in [-0.3, -0.25) is 4.68 Å². The first-order valence-corrected chi connectivity index (χ1v) is 5.78. The number of nitrogens with zero attached hydrogens (tertiary/aromatic N) is 3. The molecule has 3 N–H and O–H groups in total. The molecule has 0 unspecified atom stereocenters. The summed E-state index contributed by atoms with van der Waals surface area (Å²) in [5, 5.41) is 7.06. The van der Waals surface area contributed by atoms with E-state index >= 15 is 0 Å². The number of carbonyl (C=O) groups excluding carboxylic acids is 1. The Bertz CT molecular complexity index is 594. The molecule has 7 heteroatoms. The maximum Gasteiger partial charge on any atom is 0.340 e. The van der Waals surface area contributed by atoms with Gasteiger partial charge in [0.25, 0.3) is 0 Å². The van der Waals surface area contributed by atoms with Crippen LogP contribution in [0.2, 0.25) is 0 Å². The topological polar surface area (TPSA) is 95.1 Å². The van der Waals surface area contributed by atoms with Crippen LogP contribution in [0.15, 0.2) is 24.7 Å². The molecular weight excluding hydrogens is 246 g/mol. The number of hydrogen-bond donors (Lipinski definition) is 2. The fraction of sp³-hybridized carbons (Fsp3) is 0.250. The Balaban J connectivity index is 2.23. The third kappa shape index (κ3) is 3.01. The summed E-state index contributed by atoms with van der Waals surface area (Å²) >= 11 is 0. The summed E-state index contributed by atoms with van der Waals surface area (Å²) in [7, 11) is 1.81. The summed E-state index contributed by atoms with van der Waals surface area (Å²) in [4.78, 5) is 15.8. The van der Waals surface area contributed by atoms with Gasteiger partial charge in [0.05, 0.1) is 35.9 Å². The van der Waals surface area contributed by atoms with Crippen LogP contribution < -0.4 is 11.1 Å². The van der Waals surface area contributed by atoms with Crippen LogP contribution in [-0.2, 0) is 11.8 Å². The van der Waals surface area contributed by atoms with Crippen molar-refractivity contribution < 1.29 is 9.53 Å². The van der Waals surface area contributed by atoms with E-state index in [0.29, 0.717) is 18.0 Å². The molecule has 0 fully saturated rings. The van der Waals surface area contributed by atoms with Crippen LogP contribution in [-0.4, -0.2) is 27.3 Å². The summed E-state index contributed by atoms with van der Waals surface area (Å²) in [5.74, 6) is 0.0434. The normalized spacial score (nSPS) is 10.2. The van der Waals surface area contributed by atoms with Crippen LogP contribution in [0.5, 0.6) is 0 Å². The molecule has 2 aromatic rings. The van der Waals surface area contributed by atoms with E-state index in [9.17, 15) is 4.79 Å². The highest BCUT2D eigenvalue weighted by Gasteiger charge is 2.12. The number of aryl methyl sites for hydroxylation is 1. The van der Waals surface area contributed by atoms with Gasteiger partial charge in [0.1, 0.15) is 5.82 Å². The van der Waals surface area contributed by atoms with E-state index in [1.807, 2.05) is 7.05 Å². The van der Waals surface area contributed by atoms with Crippen LogP contribution in [0.3, 0.4) is 0 Å².